The Bertz CT molecular complexity index is 875. The number of nitrogens with zero attached hydrogens (tertiary/aromatic N) is 4. The van der Waals surface area contributed by atoms with Crippen molar-refractivity contribution in [2.24, 2.45) is 0 Å². The molecule has 7 heteroatoms. The van der Waals surface area contributed by atoms with Crippen molar-refractivity contribution >= 4 is 17.5 Å². The van der Waals surface area contributed by atoms with Gasteiger partial charge in [-0.2, -0.15) is 0 Å². The zero-order valence-corrected chi connectivity index (χ0v) is 15.1. The third-order valence-electron chi connectivity index (χ3n) is 5.60. The summed E-state index contributed by atoms with van der Waals surface area (Å²) < 4.78 is 13.6. The average molecular weight is 368 g/mol. The Labute approximate surface area is 157 Å². The zero-order valence-electron chi connectivity index (χ0n) is 15.1. The molecule has 0 aliphatic carbocycles. The van der Waals surface area contributed by atoms with Crippen molar-refractivity contribution in [3.8, 4) is 0 Å². The van der Waals surface area contributed by atoms with Crippen LogP contribution in [0.5, 0.6) is 0 Å². The number of aromatic nitrogens is 1. The smallest absolute Gasteiger partial charge is 0.254 e. The van der Waals surface area contributed by atoms with E-state index in [1.807, 2.05) is 16.8 Å². The lowest BCUT2D eigenvalue weighted by Gasteiger charge is -2.46. The van der Waals surface area contributed by atoms with Gasteiger partial charge in [0, 0.05) is 43.3 Å². The largest absolute Gasteiger partial charge is 0.337 e. The topological polar surface area (TPSA) is 56.8 Å². The van der Waals surface area contributed by atoms with E-state index < -0.39 is 0 Å². The molecule has 0 unspecified atom stereocenters. The first-order valence-corrected chi connectivity index (χ1v) is 8.95. The fraction of sp³-hybridized carbons (Fsp3) is 0.350. The first kappa shape index (κ1) is 17.6. The fourth-order valence-corrected chi connectivity index (χ4v) is 3.99. The third kappa shape index (κ3) is 3.19. The molecular formula is C20H21FN4O2. The minimum absolute atomic E-state index is 0.0307. The molecule has 2 aromatic rings. The predicted octanol–water partition coefficient (Wildman–Crippen LogP) is 1.78. The molecule has 2 saturated heterocycles. The molecule has 3 heterocycles. The second-order valence-electron chi connectivity index (χ2n) is 7.25. The maximum Gasteiger partial charge on any atom is 0.254 e. The Balaban J connectivity index is 1.57. The number of anilines is 1. The van der Waals surface area contributed by atoms with Crippen LogP contribution in [-0.4, -0.2) is 65.4 Å². The molecule has 1 atom stereocenters. The molecule has 2 fully saturated rings. The summed E-state index contributed by atoms with van der Waals surface area (Å²) >= 11 is 0. The van der Waals surface area contributed by atoms with E-state index in [0.717, 1.165) is 6.42 Å². The van der Waals surface area contributed by atoms with Crippen LogP contribution in [0.1, 0.15) is 16.8 Å². The van der Waals surface area contributed by atoms with Crippen LogP contribution in [0.3, 0.4) is 0 Å². The molecule has 1 spiro atoms. The van der Waals surface area contributed by atoms with Gasteiger partial charge >= 0.3 is 0 Å². The second kappa shape index (κ2) is 6.74. The number of likely N-dealkylation sites (N-methyl/N-ethyl adjacent to an activating group) is 1. The molecule has 1 aromatic heterocycles. The molecule has 2 aliphatic rings. The van der Waals surface area contributed by atoms with E-state index in [1.54, 1.807) is 41.6 Å². The van der Waals surface area contributed by atoms with Gasteiger partial charge in [0.25, 0.3) is 5.91 Å². The molecule has 2 aliphatic heterocycles. The number of benzene rings is 1. The Morgan fingerprint density at radius 2 is 1.96 bits per heavy atom. The highest BCUT2D eigenvalue weighted by Gasteiger charge is 2.48. The molecule has 0 bridgehead atoms. The first-order valence-electron chi connectivity index (χ1n) is 8.95. The number of hydrogen-bond donors (Lipinski definition) is 0. The number of halogens is 1. The highest BCUT2D eigenvalue weighted by molar-refractivity contribution is 5.96. The molecule has 140 valence electrons. The molecule has 0 radical (unpaired) electrons. The summed E-state index contributed by atoms with van der Waals surface area (Å²) in [7, 11) is 1.92. The lowest BCUT2D eigenvalue weighted by molar-refractivity contribution is -0.123. The van der Waals surface area contributed by atoms with Gasteiger partial charge in [0.1, 0.15) is 5.82 Å². The van der Waals surface area contributed by atoms with Gasteiger partial charge in [0.2, 0.25) is 5.91 Å². The number of carbonyl (C=O) groups excluding carboxylic acids is 2. The summed E-state index contributed by atoms with van der Waals surface area (Å²) in [6.45, 7) is 1.83. The van der Waals surface area contributed by atoms with Crippen LogP contribution in [0.15, 0.2) is 48.8 Å². The van der Waals surface area contributed by atoms with Crippen LogP contribution in [-0.2, 0) is 4.79 Å². The van der Waals surface area contributed by atoms with Gasteiger partial charge in [0.05, 0.1) is 12.1 Å². The van der Waals surface area contributed by atoms with Crippen molar-refractivity contribution in [2.45, 2.75) is 12.0 Å². The summed E-state index contributed by atoms with van der Waals surface area (Å²) in [4.78, 5) is 34.8. The van der Waals surface area contributed by atoms with Gasteiger partial charge in [-0.25, -0.2) is 4.39 Å². The Kier molecular flexibility index (Phi) is 4.39. The lowest BCUT2D eigenvalue weighted by Crippen LogP contribution is -2.64. The number of rotatable bonds is 2. The molecule has 1 aromatic carbocycles. The van der Waals surface area contributed by atoms with E-state index in [4.69, 9.17) is 0 Å². The number of likely N-dealkylation sites (tertiary alicyclic amines) is 1. The number of amides is 2. The van der Waals surface area contributed by atoms with E-state index in [1.165, 1.54) is 12.1 Å². The second-order valence-corrected chi connectivity index (χ2v) is 7.25. The van der Waals surface area contributed by atoms with E-state index in [2.05, 4.69) is 4.98 Å². The van der Waals surface area contributed by atoms with E-state index in [-0.39, 0.29) is 29.7 Å². The van der Waals surface area contributed by atoms with Crippen LogP contribution in [0.25, 0.3) is 0 Å². The quantitative estimate of drug-likeness (QED) is 0.811. The minimum Gasteiger partial charge on any atom is -0.337 e. The Morgan fingerprint density at radius 3 is 2.70 bits per heavy atom. The maximum absolute atomic E-state index is 13.6. The normalized spacial score (nSPS) is 23.3. The molecule has 4 rings (SSSR count). The maximum atomic E-state index is 13.6. The summed E-state index contributed by atoms with van der Waals surface area (Å²) in [5.41, 5.74) is 0.841. The van der Waals surface area contributed by atoms with Gasteiger partial charge in [0.15, 0.2) is 0 Å². The molecule has 0 N–H and O–H groups in total. The van der Waals surface area contributed by atoms with Crippen LogP contribution >= 0.6 is 0 Å². The molecule has 2 amide bonds. The number of carbonyl (C=O) groups is 2. The molecular weight excluding hydrogens is 347 g/mol. The van der Waals surface area contributed by atoms with Crippen molar-refractivity contribution in [3.63, 3.8) is 0 Å². The van der Waals surface area contributed by atoms with Crippen LogP contribution < -0.4 is 4.90 Å². The highest BCUT2D eigenvalue weighted by atomic mass is 19.1. The fourth-order valence-electron chi connectivity index (χ4n) is 3.99. The van der Waals surface area contributed by atoms with Crippen molar-refractivity contribution in [1.82, 2.24) is 14.8 Å². The SMILES string of the molecule is CN1CC(=O)N(c2cccc(F)c2)C[C@@]12CCN(C(=O)c1ccncc1)C2. The Hall–Kier alpha value is -2.80. The van der Waals surface area contributed by atoms with Crippen molar-refractivity contribution in [1.29, 1.82) is 0 Å². The first-order chi connectivity index (χ1) is 13.0. The van der Waals surface area contributed by atoms with Crippen LogP contribution in [0, 0.1) is 5.82 Å². The van der Waals surface area contributed by atoms with Crippen molar-refractivity contribution < 1.29 is 14.0 Å². The molecule has 0 saturated carbocycles. The number of pyridine rings is 1. The summed E-state index contributed by atoms with van der Waals surface area (Å²) in [5.74, 6) is -0.460. The van der Waals surface area contributed by atoms with Crippen molar-refractivity contribution in [2.75, 3.05) is 38.1 Å². The monoisotopic (exact) mass is 368 g/mol. The summed E-state index contributed by atoms with van der Waals surface area (Å²) in [5, 5.41) is 0. The lowest BCUT2D eigenvalue weighted by atomic mass is 9.92. The predicted molar refractivity (Wildman–Crippen MR) is 98.9 cm³/mol. The highest BCUT2D eigenvalue weighted by Crippen LogP contribution is 2.34. The summed E-state index contributed by atoms with van der Waals surface area (Å²) in [6, 6.07) is 9.52. The minimum atomic E-state index is -0.366. The Morgan fingerprint density at radius 1 is 1.19 bits per heavy atom. The van der Waals surface area contributed by atoms with E-state index >= 15 is 0 Å². The van der Waals surface area contributed by atoms with Crippen molar-refractivity contribution in [3.05, 3.63) is 60.2 Å². The zero-order chi connectivity index (χ0) is 19.0. The van der Waals surface area contributed by atoms with Gasteiger partial charge in [-0.05, 0) is 43.8 Å². The van der Waals surface area contributed by atoms with Crippen LogP contribution in [0.2, 0.25) is 0 Å². The van der Waals surface area contributed by atoms with Gasteiger partial charge in [-0.1, -0.05) is 6.07 Å². The van der Waals surface area contributed by atoms with Gasteiger partial charge in [-0.3, -0.25) is 19.5 Å². The van der Waals surface area contributed by atoms with Gasteiger partial charge < -0.3 is 9.80 Å². The molecule has 27 heavy (non-hydrogen) atoms. The molecule has 6 nitrogen and oxygen atoms in total. The average Bonchev–Trinajstić information content (AvgIpc) is 3.10. The number of piperazine rings is 1. The van der Waals surface area contributed by atoms with Gasteiger partial charge in [-0.15, -0.1) is 0 Å². The van der Waals surface area contributed by atoms with Crippen LogP contribution in [0.4, 0.5) is 10.1 Å². The summed E-state index contributed by atoms with van der Waals surface area (Å²) in [6.07, 6.45) is 3.98. The third-order valence-corrected chi connectivity index (χ3v) is 5.60. The number of hydrogen-bond acceptors (Lipinski definition) is 4. The van der Waals surface area contributed by atoms with E-state index in [9.17, 15) is 14.0 Å². The van der Waals surface area contributed by atoms with E-state index in [0.29, 0.717) is 30.9 Å². The standard InChI is InChI=1S/C20H21FN4O2/c1-23-12-18(26)25(17-4-2-3-16(21)11-17)14-20(23)7-10-24(13-20)19(27)15-5-8-22-9-6-15/h2-6,8-9,11H,7,10,12-14H2,1H3/t20-/m0/s1.